The third-order valence-electron chi connectivity index (χ3n) is 2.30. The number of halogens is 1. The van der Waals surface area contributed by atoms with Gasteiger partial charge in [-0.2, -0.15) is 0 Å². The molecule has 0 radical (unpaired) electrons. The number of hydrogen-bond acceptors (Lipinski definition) is 2. The van der Waals surface area contributed by atoms with Crippen molar-refractivity contribution in [3.8, 4) is 0 Å². The fourth-order valence-electron chi connectivity index (χ4n) is 1.66. The second-order valence-electron chi connectivity index (χ2n) is 3.24. The Bertz CT molecular complexity index is 462. The minimum absolute atomic E-state index is 0.562. The van der Waals surface area contributed by atoms with E-state index in [9.17, 15) is 0 Å². The van der Waals surface area contributed by atoms with Gasteiger partial charge in [-0.05, 0) is 31.5 Å². The largest absolute Gasteiger partial charge is 0.330 e. The Balaban J connectivity index is 2.72. The molecule has 0 saturated heterocycles. The molecule has 0 aromatic carbocycles. The van der Waals surface area contributed by atoms with Crippen LogP contribution in [0.5, 0.6) is 0 Å². The average molecular weight is 210 g/mol. The maximum Gasteiger partial charge on any atom is 0.155 e. The summed E-state index contributed by atoms with van der Waals surface area (Å²) in [6.45, 7) is 2.56. The highest BCUT2D eigenvalue weighted by Gasteiger charge is 2.09. The van der Waals surface area contributed by atoms with Crippen molar-refractivity contribution in [3.63, 3.8) is 0 Å². The van der Waals surface area contributed by atoms with E-state index >= 15 is 0 Å². The molecule has 2 heterocycles. The van der Waals surface area contributed by atoms with Gasteiger partial charge in [-0.1, -0.05) is 17.7 Å². The van der Waals surface area contributed by atoms with Crippen LogP contribution in [0.2, 0.25) is 5.15 Å². The third kappa shape index (κ3) is 1.38. The predicted molar refractivity (Wildman–Crippen MR) is 57.7 cm³/mol. The highest BCUT2D eigenvalue weighted by atomic mass is 35.5. The van der Waals surface area contributed by atoms with E-state index in [1.165, 1.54) is 0 Å². The molecule has 14 heavy (non-hydrogen) atoms. The first-order valence-electron chi connectivity index (χ1n) is 4.56. The van der Waals surface area contributed by atoms with E-state index in [2.05, 4.69) is 4.98 Å². The number of imidazole rings is 1. The van der Waals surface area contributed by atoms with Crippen LogP contribution in [-0.2, 0) is 6.42 Å². The number of aromatic nitrogens is 2. The van der Waals surface area contributed by atoms with Crippen molar-refractivity contribution in [3.05, 3.63) is 34.9 Å². The molecule has 74 valence electrons. The summed E-state index contributed by atoms with van der Waals surface area (Å²) in [5.41, 5.74) is 7.67. The molecule has 0 saturated carbocycles. The molecule has 4 heteroatoms. The normalized spacial score (nSPS) is 11.1. The van der Waals surface area contributed by atoms with Crippen molar-refractivity contribution in [1.82, 2.24) is 9.38 Å². The van der Waals surface area contributed by atoms with Gasteiger partial charge in [-0.15, -0.1) is 0 Å². The van der Waals surface area contributed by atoms with Gasteiger partial charge in [-0.25, -0.2) is 4.98 Å². The maximum absolute atomic E-state index is 6.05. The second kappa shape index (κ2) is 3.59. The fraction of sp³-hybridized carbons (Fsp3) is 0.300. The van der Waals surface area contributed by atoms with E-state index in [-0.39, 0.29) is 0 Å². The van der Waals surface area contributed by atoms with E-state index in [1.807, 2.05) is 29.7 Å². The van der Waals surface area contributed by atoms with Gasteiger partial charge in [0.05, 0.1) is 5.52 Å². The molecular weight excluding hydrogens is 198 g/mol. The molecule has 0 amide bonds. The van der Waals surface area contributed by atoms with E-state index in [0.29, 0.717) is 11.7 Å². The third-order valence-corrected chi connectivity index (χ3v) is 2.56. The zero-order chi connectivity index (χ0) is 10.1. The Morgan fingerprint density at radius 2 is 2.36 bits per heavy atom. The number of nitrogens with zero attached hydrogens (tertiary/aromatic N) is 2. The average Bonchev–Trinajstić information content (AvgIpc) is 2.44. The first kappa shape index (κ1) is 9.49. The molecule has 2 rings (SSSR count). The summed E-state index contributed by atoms with van der Waals surface area (Å²) < 4.78 is 1.99. The first-order chi connectivity index (χ1) is 6.74. The monoisotopic (exact) mass is 209 g/mol. The van der Waals surface area contributed by atoms with Crippen LogP contribution in [0.1, 0.15) is 11.4 Å². The molecule has 0 aliphatic carbocycles. The topological polar surface area (TPSA) is 43.3 Å². The molecule has 2 aromatic heterocycles. The Morgan fingerprint density at radius 1 is 1.57 bits per heavy atom. The lowest BCUT2D eigenvalue weighted by molar-refractivity contribution is 0.958. The van der Waals surface area contributed by atoms with E-state index in [4.69, 9.17) is 17.3 Å². The first-order valence-corrected chi connectivity index (χ1v) is 4.94. The molecule has 0 aliphatic heterocycles. The Labute approximate surface area is 87.5 Å². The van der Waals surface area contributed by atoms with Crippen molar-refractivity contribution < 1.29 is 0 Å². The zero-order valence-corrected chi connectivity index (χ0v) is 8.75. The van der Waals surface area contributed by atoms with Gasteiger partial charge in [0, 0.05) is 6.20 Å². The summed E-state index contributed by atoms with van der Waals surface area (Å²) >= 11 is 6.05. The van der Waals surface area contributed by atoms with Crippen LogP contribution < -0.4 is 5.73 Å². The highest BCUT2D eigenvalue weighted by molar-refractivity contribution is 6.32. The van der Waals surface area contributed by atoms with Gasteiger partial charge in [-0.3, -0.25) is 0 Å². The molecule has 0 spiro atoms. The number of hydrogen-bond donors (Lipinski definition) is 1. The highest BCUT2D eigenvalue weighted by Crippen LogP contribution is 2.21. The second-order valence-corrected chi connectivity index (χ2v) is 3.60. The lowest BCUT2D eigenvalue weighted by atomic mass is 10.2. The molecular formula is C10H12ClN3. The van der Waals surface area contributed by atoms with Crippen molar-refractivity contribution in [2.75, 3.05) is 6.54 Å². The minimum Gasteiger partial charge on any atom is -0.330 e. The van der Waals surface area contributed by atoms with Gasteiger partial charge < -0.3 is 10.1 Å². The molecule has 2 aromatic rings. The summed E-state index contributed by atoms with van der Waals surface area (Å²) in [6.07, 6.45) is 2.79. The SMILES string of the molecule is Cc1nc(Cl)c2c(CCN)cccn12. The molecule has 3 nitrogen and oxygen atoms in total. The quantitative estimate of drug-likeness (QED) is 0.820. The standard InChI is InChI=1S/C10H12ClN3/c1-7-13-10(11)9-8(4-5-12)3-2-6-14(7)9/h2-3,6H,4-5,12H2,1H3. The Kier molecular flexibility index (Phi) is 2.44. The van der Waals surface area contributed by atoms with Crippen molar-refractivity contribution in [2.45, 2.75) is 13.3 Å². The molecule has 0 fully saturated rings. The lowest BCUT2D eigenvalue weighted by Crippen LogP contribution is -2.04. The molecule has 0 atom stereocenters. The van der Waals surface area contributed by atoms with Crippen LogP contribution in [0.4, 0.5) is 0 Å². The lowest BCUT2D eigenvalue weighted by Gasteiger charge is -2.02. The van der Waals surface area contributed by atoms with Crippen LogP contribution in [0, 0.1) is 6.92 Å². The smallest absolute Gasteiger partial charge is 0.155 e. The predicted octanol–water partition coefficient (Wildman–Crippen LogP) is 1.80. The zero-order valence-electron chi connectivity index (χ0n) is 8.00. The molecule has 2 N–H and O–H groups in total. The molecule has 0 unspecified atom stereocenters. The minimum atomic E-state index is 0.562. The summed E-state index contributed by atoms with van der Waals surface area (Å²) in [5.74, 6) is 0.906. The number of nitrogens with two attached hydrogens (primary N) is 1. The van der Waals surface area contributed by atoms with Crippen molar-refractivity contribution >= 4 is 17.1 Å². The number of rotatable bonds is 2. The maximum atomic E-state index is 6.05. The molecule has 0 aliphatic rings. The van der Waals surface area contributed by atoms with Crippen LogP contribution in [-0.4, -0.2) is 15.9 Å². The van der Waals surface area contributed by atoms with Crippen molar-refractivity contribution in [1.29, 1.82) is 0 Å². The Hall–Kier alpha value is -1.06. The van der Waals surface area contributed by atoms with Crippen LogP contribution in [0.3, 0.4) is 0 Å². The summed E-state index contributed by atoms with van der Waals surface area (Å²) in [4.78, 5) is 4.22. The number of aryl methyl sites for hydroxylation is 1. The van der Waals surface area contributed by atoms with Crippen LogP contribution in [0.25, 0.3) is 5.52 Å². The number of pyridine rings is 1. The van der Waals surface area contributed by atoms with Crippen LogP contribution >= 0.6 is 11.6 Å². The fourth-order valence-corrected chi connectivity index (χ4v) is 2.00. The summed E-state index contributed by atoms with van der Waals surface area (Å²) in [6, 6.07) is 4.03. The number of fused-ring (bicyclic) bond motifs is 1. The van der Waals surface area contributed by atoms with E-state index in [0.717, 1.165) is 23.3 Å². The Morgan fingerprint density at radius 3 is 3.07 bits per heavy atom. The van der Waals surface area contributed by atoms with Gasteiger partial charge in [0.2, 0.25) is 0 Å². The molecule has 0 bridgehead atoms. The van der Waals surface area contributed by atoms with E-state index in [1.54, 1.807) is 0 Å². The van der Waals surface area contributed by atoms with Gasteiger partial charge in [0.25, 0.3) is 0 Å². The summed E-state index contributed by atoms with van der Waals surface area (Å²) in [7, 11) is 0. The van der Waals surface area contributed by atoms with Gasteiger partial charge in [0.1, 0.15) is 5.82 Å². The van der Waals surface area contributed by atoms with Gasteiger partial charge >= 0.3 is 0 Å². The van der Waals surface area contributed by atoms with Crippen molar-refractivity contribution in [2.24, 2.45) is 5.73 Å². The summed E-state index contributed by atoms with van der Waals surface area (Å²) in [5, 5.41) is 0.562. The van der Waals surface area contributed by atoms with Gasteiger partial charge in [0.15, 0.2) is 5.15 Å². The van der Waals surface area contributed by atoms with Crippen LogP contribution in [0.15, 0.2) is 18.3 Å². The van der Waals surface area contributed by atoms with E-state index < -0.39 is 0 Å².